The Bertz CT molecular complexity index is 641. The van der Waals surface area contributed by atoms with E-state index in [9.17, 15) is 14.4 Å². The molecule has 0 bridgehead atoms. The third-order valence-electron chi connectivity index (χ3n) is 4.30. The van der Waals surface area contributed by atoms with Crippen LogP contribution in [-0.2, 0) is 9.59 Å². The highest BCUT2D eigenvalue weighted by atomic mass is 16.4. The predicted octanol–water partition coefficient (Wildman–Crippen LogP) is 2.14. The van der Waals surface area contributed by atoms with Gasteiger partial charge in [-0.1, -0.05) is 13.0 Å². The monoisotopic (exact) mass is 318 g/mol. The number of carbonyl (C=O) groups is 3. The number of likely N-dealkylation sites (tertiary alicyclic amines) is 1. The van der Waals surface area contributed by atoms with Crippen LogP contribution in [0.2, 0.25) is 0 Å². The van der Waals surface area contributed by atoms with Crippen molar-refractivity contribution >= 4 is 23.5 Å². The Labute approximate surface area is 135 Å². The first-order chi connectivity index (χ1) is 10.8. The van der Waals surface area contributed by atoms with E-state index in [2.05, 4.69) is 5.32 Å². The van der Waals surface area contributed by atoms with Gasteiger partial charge in [0.05, 0.1) is 5.92 Å². The minimum Gasteiger partial charge on any atom is -0.481 e. The highest BCUT2D eigenvalue weighted by Gasteiger charge is 2.33. The van der Waals surface area contributed by atoms with Crippen LogP contribution in [0, 0.1) is 18.8 Å². The van der Waals surface area contributed by atoms with E-state index in [1.165, 1.54) is 6.92 Å². The molecule has 0 spiro atoms. The molecule has 23 heavy (non-hydrogen) atoms. The molecule has 124 valence electrons. The smallest absolute Gasteiger partial charge is 0.306 e. The zero-order chi connectivity index (χ0) is 17.1. The number of rotatable bonds is 3. The van der Waals surface area contributed by atoms with Crippen LogP contribution in [0.25, 0.3) is 0 Å². The summed E-state index contributed by atoms with van der Waals surface area (Å²) in [5, 5.41) is 11.9. The predicted molar refractivity (Wildman–Crippen MR) is 86.3 cm³/mol. The molecule has 2 amide bonds. The first-order valence-corrected chi connectivity index (χ1v) is 7.70. The molecule has 6 heteroatoms. The van der Waals surface area contributed by atoms with Gasteiger partial charge in [0.2, 0.25) is 5.91 Å². The van der Waals surface area contributed by atoms with E-state index in [4.69, 9.17) is 5.11 Å². The molecule has 1 aliphatic rings. The van der Waals surface area contributed by atoms with Crippen LogP contribution >= 0.6 is 0 Å². The van der Waals surface area contributed by atoms with Gasteiger partial charge in [-0.05, 0) is 37.0 Å². The van der Waals surface area contributed by atoms with Crippen molar-refractivity contribution in [2.45, 2.75) is 27.2 Å². The Morgan fingerprint density at radius 3 is 2.57 bits per heavy atom. The summed E-state index contributed by atoms with van der Waals surface area (Å²) >= 11 is 0. The molecular weight excluding hydrogens is 296 g/mol. The maximum absolute atomic E-state index is 12.6. The number of hydrogen-bond acceptors (Lipinski definition) is 3. The van der Waals surface area contributed by atoms with Gasteiger partial charge in [-0.2, -0.15) is 0 Å². The minimum absolute atomic E-state index is 0.0783. The lowest BCUT2D eigenvalue weighted by atomic mass is 9.87. The van der Waals surface area contributed by atoms with Crippen molar-refractivity contribution in [1.29, 1.82) is 0 Å². The van der Waals surface area contributed by atoms with E-state index < -0.39 is 11.9 Å². The Hall–Kier alpha value is -2.37. The first kappa shape index (κ1) is 17.0. The van der Waals surface area contributed by atoms with E-state index in [0.29, 0.717) is 30.8 Å². The SMILES string of the molecule is CC(=O)Nc1cc(C(=O)N2CC[C@H](C(=O)O)[C@H](C)C2)ccc1C. The van der Waals surface area contributed by atoms with Crippen LogP contribution in [0.5, 0.6) is 0 Å². The summed E-state index contributed by atoms with van der Waals surface area (Å²) in [6.07, 6.45) is 0.465. The summed E-state index contributed by atoms with van der Waals surface area (Å²) in [6, 6.07) is 5.20. The molecule has 1 aromatic rings. The Morgan fingerprint density at radius 1 is 1.30 bits per heavy atom. The quantitative estimate of drug-likeness (QED) is 0.894. The van der Waals surface area contributed by atoms with Crippen LogP contribution in [0.3, 0.4) is 0 Å². The number of aliphatic carboxylic acids is 1. The van der Waals surface area contributed by atoms with Gasteiger partial charge in [0.25, 0.3) is 5.91 Å². The van der Waals surface area contributed by atoms with Gasteiger partial charge in [0.1, 0.15) is 0 Å². The van der Waals surface area contributed by atoms with Crippen LogP contribution in [0.4, 0.5) is 5.69 Å². The molecule has 1 saturated heterocycles. The molecule has 0 radical (unpaired) electrons. The average Bonchev–Trinajstić information content (AvgIpc) is 2.47. The largest absolute Gasteiger partial charge is 0.481 e. The molecule has 1 heterocycles. The normalized spacial score (nSPS) is 20.9. The molecule has 0 aromatic heterocycles. The number of carboxylic acid groups (broad SMARTS) is 1. The van der Waals surface area contributed by atoms with Gasteiger partial charge in [-0.15, -0.1) is 0 Å². The van der Waals surface area contributed by atoms with Crippen molar-refractivity contribution in [3.05, 3.63) is 29.3 Å². The second-order valence-corrected chi connectivity index (χ2v) is 6.17. The lowest BCUT2D eigenvalue weighted by Gasteiger charge is -2.35. The number of nitrogens with one attached hydrogen (secondary N) is 1. The lowest BCUT2D eigenvalue weighted by molar-refractivity contribution is -0.145. The second-order valence-electron chi connectivity index (χ2n) is 6.17. The Kier molecular flexibility index (Phi) is 5.03. The number of hydrogen-bond donors (Lipinski definition) is 2. The lowest BCUT2D eigenvalue weighted by Crippen LogP contribution is -2.45. The summed E-state index contributed by atoms with van der Waals surface area (Å²) in [6.45, 7) is 6.00. The summed E-state index contributed by atoms with van der Waals surface area (Å²) in [7, 11) is 0. The molecule has 1 fully saturated rings. The van der Waals surface area contributed by atoms with E-state index in [-0.39, 0.29) is 17.7 Å². The van der Waals surface area contributed by atoms with E-state index in [1.54, 1.807) is 23.1 Å². The van der Waals surface area contributed by atoms with E-state index in [1.807, 2.05) is 13.8 Å². The molecular formula is C17H22N2O4. The number of piperidine rings is 1. The van der Waals surface area contributed by atoms with E-state index in [0.717, 1.165) is 5.56 Å². The number of aryl methyl sites for hydroxylation is 1. The molecule has 0 unspecified atom stereocenters. The van der Waals surface area contributed by atoms with Crippen molar-refractivity contribution in [1.82, 2.24) is 4.90 Å². The fourth-order valence-electron chi connectivity index (χ4n) is 2.96. The fraction of sp³-hybridized carbons (Fsp3) is 0.471. The minimum atomic E-state index is -0.798. The molecule has 2 atom stereocenters. The standard InChI is InChI=1S/C17H22N2O4/c1-10-4-5-13(8-15(10)18-12(3)20)16(21)19-7-6-14(17(22)23)11(2)9-19/h4-5,8,11,14H,6-7,9H2,1-3H3,(H,18,20)(H,22,23)/t11-,14+/m1/s1. The maximum atomic E-state index is 12.6. The van der Waals surface area contributed by atoms with Crippen molar-refractivity contribution < 1.29 is 19.5 Å². The summed E-state index contributed by atoms with van der Waals surface area (Å²) in [5.41, 5.74) is 2.01. The van der Waals surface area contributed by atoms with Crippen LogP contribution in [0.1, 0.15) is 36.2 Å². The third kappa shape index (κ3) is 3.88. The highest BCUT2D eigenvalue weighted by Crippen LogP contribution is 2.25. The number of benzene rings is 1. The van der Waals surface area contributed by atoms with Gasteiger partial charge in [0, 0.05) is 31.3 Å². The van der Waals surface area contributed by atoms with Crippen molar-refractivity contribution in [2.75, 3.05) is 18.4 Å². The first-order valence-electron chi connectivity index (χ1n) is 7.70. The molecule has 1 aromatic carbocycles. The number of nitrogens with zero attached hydrogens (tertiary/aromatic N) is 1. The summed E-state index contributed by atoms with van der Waals surface area (Å²) < 4.78 is 0. The van der Waals surface area contributed by atoms with Gasteiger partial charge in [0.15, 0.2) is 0 Å². The second kappa shape index (κ2) is 6.81. The number of carboxylic acids is 1. The number of amides is 2. The van der Waals surface area contributed by atoms with Crippen molar-refractivity contribution in [2.24, 2.45) is 11.8 Å². The highest BCUT2D eigenvalue weighted by molar-refractivity contribution is 5.97. The number of carbonyl (C=O) groups excluding carboxylic acids is 2. The summed E-state index contributed by atoms with van der Waals surface area (Å²) in [4.78, 5) is 36.7. The van der Waals surface area contributed by atoms with Crippen molar-refractivity contribution in [3.8, 4) is 0 Å². The third-order valence-corrected chi connectivity index (χ3v) is 4.30. The molecule has 1 aliphatic heterocycles. The summed E-state index contributed by atoms with van der Waals surface area (Å²) in [5.74, 6) is -1.59. The average molecular weight is 318 g/mol. The maximum Gasteiger partial charge on any atom is 0.306 e. The Morgan fingerprint density at radius 2 is 2.00 bits per heavy atom. The molecule has 0 saturated carbocycles. The van der Waals surface area contributed by atoms with Crippen molar-refractivity contribution in [3.63, 3.8) is 0 Å². The Balaban J connectivity index is 2.15. The van der Waals surface area contributed by atoms with Gasteiger partial charge >= 0.3 is 5.97 Å². The van der Waals surface area contributed by atoms with Crippen LogP contribution < -0.4 is 5.32 Å². The fourth-order valence-corrected chi connectivity index (χ4v) is 2.96. The molecule has 2 rings (SSSR count). The van der Waals surface area contributed by atoms with Gasteiger partial charge in [-0.25, -0.2) is 0 Å². The molecule has 2 N–H and O–H groups in total. The number of anilines is 1. The van der Waals surface area contributed by atoms with Gasteiger partial charge < -0.3 is 15.3 Å². The van der Waals surface area contributed by atoms with E-state index >= 15 is 0 Å². The molecule has 6 nitrogen and oxygen atoms in total. The molecule has 0 aliphatic carbocycles. The van der Waals surface area contributed by atoms with Gasteiger partial charge in [-0.3, -0.25) is 14.4 Å². The topological polar surface area (TPSA) is 86.7 Å². The van der Waals surface area contributed by atoms with Crippen LogP contribution in [-0.4, -0.2) is 40.9 Å². The zero-order valence-corrected chi connectivity index (χ0v) is 13.6. The van der Waals surface area contributed by atoms with Crippen LogP contribution in [0.15, 0.2) is 18.2 Å². The zero-order valence-electron chi connectivity index (χ0n) is 13.6.